The SMILES string of the molecule is CCOc1ccc(C(=O)NCC(=O)O[C@@H](C)C(=O)N2CCNC2=O)cc1. The highest BCUT2D eigenvalue weighted by atomic mass is 16.5. The summed E-state index contributed by atoms with van der Waals surface area (Å²) in [5.74, 6) is -1.19. The third-order valence-corrected chi connectivity index (χ3v) is 3.60. The Morgan fingerprint density at radius 1 is 1.27 bits per heavy atom. The first-order valence-corrected chi connectivity index (χ1v) is 8.22. The van der Waals surface area contributed by atoms with Crippen molar-refractivity contribution in [2.75, 3.05) is 26.2 Å². The van der Waals surface area contributed by atoms with Crippen LogP contribution in [0.15, 0.2) is 24.3 Å². The first-order valence-electron chi connectivity index (χ1n) is 8.22. The summed E-state index contributed by atoms with van der Waals surface area (Å²) in [5.41, 5.74) is 0.360. The molecule has 1 saturated heterocycles. The molecule has 1 aromatic carbocycles. The van der Waals surface area contributed by atoms with Crippen molar-refractivity contribution in [3.63, 3.8) is 0 Å². The van der Waals surface area contributed by atoms with Crippen molar-refractivity contribution in [1.82, 2.24) is 15.5 Å². The average molecular weight is 363 g/mol. The monoisotopic (exact) mass is 363 g/mol. The number of imide groups is 1. The molecule has 0 aliphatic carbocycles. The number of esters is 1. The van der Waals surface area contributed by atoms with Crippen LogP contribution in [0.3, 0.4) is 0 Å². The molecule has 0 saturated carbocycles. The Balaban J connectivity index is 1.79. The van der Waals surface area contributed by atoms with Crippen molar-refractivity contribution in [2.24, 2.45) is 0 Å². The van der Waals surface area contributed by atoms with E-state index >= 15 is 0 Å². The van der Waals surface area contributed by atoms with Crippen LogP contribution in [0.2, 0.25) is 0 Å². The summed E-state index contributed by atoms with van der Waals surface area (Å²) in [7, 11) is 0. The van der Waals surface area contributed by atoms with E-state index in [2.05, 4.69) is 10.6 Å². The van der Waals surface area contributed by atoms with E-state index in [1.165, 1.54) is 6.92 Å². The molecule has 1 heterocycles. The van der Waals surface area contributed by atoms with Crippen LogP contribution >= 0.6 is 0 Å². The highest BCUT2D eigenvalue weighted by Crippen LogP contribution is 2.12. The van der Waals surface area contributed by atoms with E-state index in [0.29, 0.717) is 24.5 Å². The molecule has 2 rings (SSSR count). The summed E-state index contributed by atoms with van der Waals surface area (Å²) in [6, 6.07) is 5.94. The normalized spacial score (nSPS) is 14.4. The van der Waals surface area contributed by atoms with E-state index in [1.54, 1.807) is 24.3 Å². The molecular formula is C17H21N3O6. The van der Waals surface area contributed by atoms with Gasteiger partial charge in [-0.25, -0.2) is 4.79 Å². The molecule has 1 aliphatic heterocycles. The van der Waals surface area contributed by atoms with E-state index in [4.69, 9.17) is 9.47 Å². The third kappa shape index (κ3) is 4.95. The number of hydrogen-bond donors (Lipinski definition) is 2. The van der Waals surface area contributed by atoms with Gasteiger partial charge in [0.2, 0.25) is 0 Å². The highest BCUT2D eigenvalue weighted by molar-refractivity contribution is 5.99. The Kier molecular flexibility index (Phi) is 6.54. The zero-order chi connectivity index (χ0) is 19.1. The van der Waals surface area contributed by atoms with Crippen LogP contribution < -0.4 is 15.4 Å². The van der Waals surface area contributed by atoms with Gasteiger partial charge in [-0.05, 0) is 38.1 Å². The molecule has 1 aromatic rings. The van der Waals surface area contributed by atoms with Gasteiger partial charge in [0.1, 0.15) is 12.3 Å². The van der Waals surface area contributed by atoms with Gasteiger partial charge in [-0.1, -0.05) is 0 Å². The summed E-state index contributed by atoms with van der Waals surface area (Å²) >= 11 is 0. The lowest BCUT2D eigenvalue weighted by Gasteiger charge is -2.18. The lowest BCUT2D eigenvalue weighted by Crippen LogP contribution is -2.43. The van der Waals surface area contributed by atoms with Crippen molar-refractivity contribution in [1.29, 1.82) is 0 Å². The maximum absolute atomic E-state index is 12.0. The molecule has 0 radical (unpaired) electrons. The topological polar surface area (TPSA) is 114 Å². The number of nitrogens with zero attached hydrogens (tertiary/aromatic N) is 1. The van der Waals surface area contributed by atoms with Crippen molar-refractivity contribution in [3.05, 3.63) is 29.8 Å². The third-order valence-electron chi connectivity index (χ3n) is 3.60. The Morgan fingerprint density at radius 3 is 2.54 bits per heavy atom. The van der Waals surface area contributed by atoms with Crippen LogP contribution in [0.5, 0.6) is 5.75 Å². The molecule has 1 aliphatic rings. The van der Waals surface area contributed by atoms with E-state index < -0.39 is 36.5 Å². The lowest BCUT2D eigenvalue weighted by atomic mass is 10.2. The van der Waals surface area contributed by atoms with Gasteiger partial charge in [0.25, 0.3) is 11.8 Å². The van der Waals surface area contributed by atoms with Crippen molar-refractivity contribution in [3.8, 4) is 5.75 Å². The maximum Gasteiger partial charge on any atom is 0.326 e. The van der Waals surface area contributed by atoms with Gasteiger partial charge in [0, 0.05) is 18.7 Å². The largest absolute Gasteiger partial charge is 0.494 e. The number of carbonyl (C=O) groups excluding carboxylic acids is 4. The summed E-state index contributed by atoms with van der Waals surface area (Å²) in [4.78, 5) is 48.2. The van der Waals surface area contributed by atoms with Crippen molar-refractivity contribution in [2.45, 2.75) is 20.0 Å². The predicted molar refractivity (Wildman–Crippen MR) is 90.6 cm³/mol. The molecule has 1 atom stereocenters. The molecule has 0 unspecified atom stereocenters. The molecule has 0 spiro atoms. The molecule has 9 heteroatoms. The van der Waals surface area contributed by atoms with Crippen LogP contribution in [0.4, 0.5) is 4.79 Å². The Bertz CT molecular complexity index is 688. The van der Waals surface area contributed by atoms with Crippen molar-refractivity contribution < 1.29 is 28.7 Å². The predicted octanol–water partition coefficient (Wildman–Crippen LogP) is 0.299. The maximum atomic E-state index is 12.0. The number of amides is 4. The summed E-state index contributed by atoms with van der Waals surface area (Å²) in [5, 5.41) is 4.90. The average Bonchev–Trinajstić information content (AvgIpc) is 3.05. The van der Waals surface area contributed by atoms with Gasteiger partial charge in [0.05, 0.1) is 6.61 Å². The van der Waals surface area contributed by atoms with Gasteiger partial charge in [-0.15, -0.1) is 0 Å². The Labute approximate surface area is 150 Å². The first kappa shape index (κ1) is 19.2. The van der Waals surface area contributed by atoms with Gasteiger partial charge in [0.15, 0.2) is 6.10 Å². The van der Waals surface area contributed by atoms with Crippen LogP contribution in [-0.2, 0) is 14.3 Å². The van der Waals surface area contributed by atoms with Gasteiger partial charge in [-0.2, -0.15) is 0 Å². The standard InChI is InChI=1S/C17H21N3O6/c1-3-25-13-6-4-12(5-7-13)15(22)19-10-14(21)26-11(2)16(23)20-9-8-18-17(20)24/h4-7,11H,3,8-10H2,1-2H3,(H,18,24)(H,19,22)/t11-/m0/s1. The highest BCUT2D eigenvalue weighted by Gasteiger charge is 2.31. The van der Waals surface area contributed by atoms with Gasteiger partial charge in [-0.3, -0.25) is 19.3 Å². The molecule has 0 bridgehead atoms. The molecule has 0 aromatic heterocycles. The van der Waals surface area contributed by atoms with E-state index in [-0.39, 0.29) is 6.54 Å². The molecule has 1 fully saturated rings. The molecule has 2 N–H and O–H groups in total. The number of urea groups is 1. The van der Waals surface area contributed by atoms with Crippen LogP contribution in [0, 0.1) is 0 Å². The number of nitrogens with one attached hydrogen (secondary N) is 2. The first-order chi connectivity index (χ1) is 12.4. The van der Waals surface area contributed by atoms with Crippen molar-refractivity contribution >= 4 is 23.8 Å². The number of rotatable bonds is 7. The fraction of sp³-hybridized carbons (Fsp3) is 0.412. The molecule has 9 nitrogen and oxygen atoms in total. The fourth-order valence-corrected chi connectivity index (χ4v) is 2.31. The van der Waals surface area contributed by atoms with Crippen LogP contribution in [0.1, 0.15) is 24.2 Å². The smallest absolute Gasteiger partial charge is 0.326 e. The van der Waals surface area contributed by atoms with E-state index in [1.807, 2.05) is 6.92 Å². The Morgan fingerprint density at radius 2 is 1.96 bits per heavy atom. The second kappa shape index (κ2) is 8.84. The summed E-state index contributed by atoms with van der Waals surface area (Å²) < 4.78 is 10.2. The minimum Gasteiger partial charge on any atom is -0.494 e. The van der Waals surface area contributed by atoms with Crippen LogP contribution in [0.25, 0.3) is 0 Å². The summed E-state index contributed by atoms with van der Waals surface area (Å²) in [6.07, 6.45) is -1.12. The quantitative estimate of drug-likeness (QED) is 0.674. The minimum atomic E-state index is -1.12. The van der Waals surface area contributed by atoms with Crippen LogP contribution in [-0.4, -0.2) is 61.1 Å². The second-order valence-corrected chi connectivity index (χ2v) is 5.49. The Hall–Kier alpha value is -3.10. The van der Waals surface area contributed by atoms with Gasteiger partial charge >= 0.3 is 12.0 Å². The molecule has 140 valence electrons. The molecular weight excluding hydrogens is 342 g/mol. The zero-order valence-electron chi connectivity index (χ0n) is 14.6. The number of carbonyl (C=O) groups is 4. The lowest BCUT2D eigenvalue weighted by molar-refractivity contribution is -0.156. The molecule has 4 amide bonds. The second-order valence-electron chi connectivity index (χ2n) is 5.49. The summed E-state index contributed by atoms with van der Waals surface area (Å²) in [6.45, 7) is 3.95. The minimum absolute atomic E-state index is 0.230. The molecule has 26 heavy (non-hydrogen) atoms. The number of benzene rings is 1. The fourth-order valence-electron chi connectivity index (χ4n) is 2.31. The zero-order valence-corrected chi connectivity index (χ0v) is 14.6. The van der Waals surface area contributed by atoms with E-state index in [9.17, 15) is 19.2 Å². The van der Waals surface area contributed by atoms with E-state index in [0.717, 1.165) is 4.90 Å². The number of ether oxygens (including phenoxy) is 2. The van der Waals surface area contributed by atoms with Gasteiger partial charge < -0.3 is 20.1 Å². The number of hydrogen-bond acceptors (Lipinski definition) is 6.